The van der Waals surface area contributed by atoms with E-state index in [2.05, 4.69) is 19.2 Å². The van der Waals surface area contributed by atoms with Gasteiger partial charge in [-0.1, -0.05) is 26.3 Å². The van der Waals surface area contributed by atoms with E-state index in [1.807, 2.05) is 13.0 Å². The SMILES string of the molecule is Cc1ccc(S(C)(=O)=O)cc1NC1CC(C)CCC1C. The van der Waals surface area contributed by atoms with Gasteiger partial charge in [-0.15, -0.1) is 0 Å². The van der Waals surface area contributed by atoms with Gasteiger partial charge in [0.15, 0.2) is 9.84 Å². The molecule has 3 unspecified atom stereocenters. The first-order valence-corrected chi connectivity index (χ1v) is 9.23. The van der Waals surface area contributed by atoms with Gasteiger partial charge in [0.2, 0.25) is 0 Å². The Kier molecular flexibility index (Phi) is 4.43. The smallest absolute Gasteiger partial charge is 0.175 e. The molecule has 1 saturated carbocycles. The van der Waals surface area contributed by atoms with Gasteiger partial charge in [-0.05, 0) is 49.3 Å². The molecule has 0 aromatic heterocycles. The highest BCUT2D eigenvalue weighted by atomic mass is 32.2. The van der Waals surface area contributed by atoms with Gasteiger partial charge in [-0.3, -0.25) is 0 Å². The van der Waals surface area contributed by atoms with E-state index in [0.29, 0.717) is 16.9 Å². The zero-order valence-electron chi connectivity index (χ0n) is 12.8. The fraction of sp³-hybridized carbons (Fsp3) is 0.625. The number of aryl methyl sites for hydroxylation is 1. The summed E-state index contributed by atoms with van der Waals surface area (Å²) in [5.41, 5.74) is 2.06. The van der Waals surface area contributed by atoms with Crippen LogP contribution in [0, 0.1) is 18.8 Å². The molecule has 2 rings (SSSR count). The van der Waals surface area contributed by atoms with Crippen LogP contribution in [0.2, 0.25) is 0 Å². The molecule has 0 saturated heterocycles. The molecule has 3 nitrogen and oxygen atoms in total. The molecule has 0 aliphatic heterocycles. The van der Waals surface area contributed by atoms with Crippen molar-refractivity contribution < 1.29 is 8.42 Å². The molecule has 112 valence electrons. The Bertz CT molecular complexity index is 580. The summed E-state index contributed by atoms with van der Waals surface area (Å²) in [6.45, 7) is 6.59. The molecule has 1 aliphatic carbocycles. The third-order valence-corrected chi connectivity index (χ3v) is 5.55. The van der Waals surface area contributed by atoms with Crippen molar-refractivity contribution in [2.45, 2.75) is 51.0 Å². The summed E-state index contributed by atoms with van der Waals surface area (Å²) in [7, 11) is -3.15. The molecule has 0 heterocycles. The van der Waals surface area contributed by atoms with Crippen molar-refractivity contribution in [2.75, 3.05) is 11.6 Å². The largest absolute Gasteiger partial charge is 0.382 e. The van der Waals surface area contributed by atoms with Crippen LogP contribution in [0.1, 0.15) is 38.7 Å². The monoisotopic (exact) mass is 295 g/mol. The summed E-state index contributed by atoms with van der Waals surface area (Å²) in [5.74, 6) is 1.37. The number of anilines is 1. The van der Waals surface area contributed by atoms with Crippen LogP contribution in [0.5, 0.6) is 0 Å². The van der Waals surface area contributed by atoms with Gasteiger partial charge in [-0.25, -0.2) is 8.42 Å². The topological polar surface area (TPSA) is 46.2 Å². The third kappa shape index (κ3) is 3.54. The molecule has 3 atom stereocenters. The van der Waals surface area contributed by atoms with Crippen LogP contribution in [0.25, 0.3) is 0 Å². The van der Waals surface area contributed by atoms with Crippen molar-refractivity contribution in [3.05, 3.63) is 23.8 Å². The zero-order valence-corrected chi connectivity index (χ0v) is 13.6. The van der Waals surface area contributed by atoms with E-state index in [1.54, 1.807) is 12.1 Å². The van der Waals surface area contributed by atoms with E-state index in [9.17, 15) is 8.42 Å². The lowest BCUT2D eigenvalue weighted by Gasteiger charge is -2.34. The molecule has 4 heteroatoms. The number of hydrogen-bond acceptors (Lipinski definition) is 3. The molecular weight excluding hydrogens is 270 g/mol. The molecular formula is C16H25NO2S. The highest BCUT2D eigenvalue weighted by Crippen LogP contribution is 2.32. The summed E-state index contributed by atoms with van der Waals surface area (Å²) in [4.78, 5) is 0.391. The molecule has 20 heavy (non-hydrogen) atoms. The first-order valence-electron chi connectivity index (χ1n) is 7.34. The quantitative estimate of drug-likeness (QED) is 0.926. The molecule has 0 amide bonds. The van der Waals surface area contributed by atoms with Crippen LogP contribution in [-0.4, -0.2) is 20.7 Å². The second-order valence-electron chi connectivity index (χ2n) is 6.40. The van der Waals surface area contributed by atoms with Crippen molar-refractivity contribution in [1.29, 1.82) is 0 Å². The van der Waals surface area contributed by atoms with E-state index in [1.165, 1.54) is 19.1 Å². The lowest BCUT2D eigenvalue weighted by molar-refractivity contribution is 0.280. The highest BCUT2D eigenvalue weighted by molar-refractivity contribution is 7.90. The number of hydrogen-bond donors (Lipinski definition) is 1. The van der Waals surface area contributed by atoms with Gasteiger partial charge in [0.1, 0.15) is 0 Å². The number of rotatable bonds is 3. The summed E-state index contributed by atoms with van der Waals surface area (Å²) in [5, 5.41) is 3.58. The zero-order chi connectivity index (χ0) is 14.9. The molecule has 0 radical (unpaired) electrons. The Hall–Kier alpha value is -1.03. The maximum absolute atomic E-state index is 11.7. The lowest BCUT2D eigenvalue weighted by atomic mass is 9.80. The van der Waals surface area contributed by atoms with Crippen LogP contribution in [0.15, 0.2) is 23.1 Å². The summed E-state index contributed by atoms with van der Waals surface area (Å²) in [6, 6.07) is 5.78. The summed E-state index contributed by atoms with van der Waals surface area (Å²) in [6.07, 6.45) is 4.95. The van der Waals surface area contributed by atoms with Crippen molar-refractivity contribution in [3.63, 3.8) is 0 Å². The first-order chi connectivity index (χ1) is 9.27. The Morgan fingerprint density at radius 1 is 1.20 bits per heavy atom. The van der Waals surface area contributed by atoms with Crippen molar-refractivity contribution in [2.24, 2.45) is 11.8 Å². The van der Waals surface area contributed by atoms with Gasteiger partial charge in [0.05, 0.1) is 4.90 Å². The summed E-state index contributed by atoms with van der Waals surface area (Å²) >= 11 is 0. The number of benzene rings is 1. The average molecular weight is 295 g/mol. The Morgan fingerprint density at radius 2 is 1.90 bits per heavy atom. The van der Waals surface area contributed by atoms with E-state index in [4.69, 9.17) is 0 Å². The predicted octanol–water partition coefficient (Wildman–Crippen LogP) is 3.64. The minimum Gasteiger partial charge on any atom is -0.382 e. The average Bonchev–Trinajstić information content (AvgIpc) is 2.35. The predicted molar refractivity (Wildman–Crippen MR) is 83.9 cm³/mol. The van der Waals surface area contributed by atoms with Crippen LogP contribution >= 0.6 is 0 Å². The molecule has 1 N–H and O–H groups in total. The molecule has 1 aromatic rings. The first kappa shape index (κ1) is 15.4. The van der Waals surface area contributed by atoms with Gasteiger partial charge in [0, 0.05) is 18.0 Å². The van der Waals surface area contributed by atoms with Crippen molar-refractivity contribution >= 4 is 15.5 Å². The molecule has 0 bridgehead atoms. The van der Waals surface area contributed by atoms with E-state index in [-0.39, 0.29) is 0 Å². The molecule has 1 fully saturated rings. The molecule has 1 aliphatic rings. The number of sulfone groups is 1. The van der Waals surface area contributed by atoms with Gasteiger partial charge in [-0.2, -0.15) is 0 Å². The highest BCUT2D eigenvalue weighted by Gasteiger charge is 2.25. The van der Waals surface area contributed by atoms with Crippen LogP contribution in [-0.2, 0) is 9.84 Å². The van der Waals surface area contributed by atoms with Crippen molar-refractivity contribution in [3.8, 4) is 0 Å². The normalized spacial score (nSPS) is 27.3. The second kappa shape index (κ2) is 5.76. The molecule has 0 spiro atoms. The van der Waals surface area contributed by atoms with Crippen molar-refractivity contribution in [1.82, 2.24) is 0 Å². The minimum atomic E-state index is -3.15. The van der Waals surface area contributed by atoms with E-state index < -0.39 is 9.84 Å². The van der Waals surface area contributed by atoms with E-state index >= 15 is 0 Å². The van der Waals surface area contributed by atoms with Gasteiger partial charge >= 0.3 is 0 Å². The minimum absolute atomic E-state index is 0.391. The van der Waals surface area contributed by atoms with Crippen LogP contribution in [0.3, 0.4) is 0 Å². The lowest BCUT2D eigenvalue weighted by Crippen LogP contribution is -2.33. The van der Waals surface area contributed by atoms with E-state index in [0.717, 1.165) is 23.6 Å². The van der Waals surface area contributed by atoms with Crippen LogP contribution < -0.4 is 5.32 Å². The maximum atomic E-state index is 11.7. The third-order valence-electron chi connectivity index (χ3n) is 4.44. The van der Waals surface area contributed by atoms with Gasteiger partial charge < -0.3 is 5.32 Å². The number of nitrogens with one attached hydrogen (secondary N) is 1. The fourth-order valence-electron chi connectivity index (χ4n) is 2.92. The fourth-order valence-corrected chi connectivity index (χ4v) is 3.57. The Morgan fingerprint density at radius 3 is 2.55 bits per heavy atom. The Balaban J connectivity index is 2.24. The standard InChI is InChI=1S/C16H25NO2S/c1-11-5-6-12(2)15(9-11)17-16-10-14(20(4,18)19)8-7-13(16)3/h7-8,10-12,15,17H,5-6,9H2,1-4H3. The molecule has 1 aromatic carbocycles. The Labute approximate surface area is 122 Å². The summed E-state index contributed by atoms with van der Waals surface area (Å²) < 4.78 is 23.4. The second-order valence-corrected chi connectivity index (χ2v) is 8.41. The van der Waals surface area contributed by atoms with Gasteiger partial charge in [0.25, 0.3) is 0 Å². The maximum Gasteiger partial charge on any atom is 0.175 e. The van der Waals surface area contributed by atoms with Crippen LogP contribution in [0.4, 0.5) is 5.69 Å².